The summed E-state index contributed by atoms with van der Waals surface area (Å²) in [6.45, 7) is 1.77. The van der Waals surface area contributed by atoms with Gasteiger partial charge in [-0.2, -0.15) is 0 Å². The van der Waals surface area contributed by atoms with Gasteiger partial charge in [-0.15, -0.1) is 0 Å². The predicted molar refractivity (Wildman–Crippen MR) is 58.8 cm³/mol. The van der Waals surface area contributed by atoms with Crippen molar-refractivity contribution >= 4 is 11.7 Å². The minimum absolute atomic E-state index is 0. The molecule has 0 aromatic carbocycles. The van der Waals surface area contributed by atoms with E-state index in [0.29, 0.717) is 6.67 Å². The van der Waals surface area contributed by atoms with Crippen LogP contribution < -0.4 is 16.4 Å². The molecule has 1 amide bonds. The van der Waals surface area contributed by atoms with Gasteiger partial charge in [-0.3, -0.25) is 9.59 Å². The Labute approximate surface area is 86.4 Å². The van der Waals surface area contributed by atoms with Gasteiger partial charge in [0, 0.05) is 6.42 Å². The molecular formula is C9H23N3O2. The van der Waals surface area contributed by atoms with Crippen molar-refractivity contribution in [1.29, 1.82) is 0 Å². The van der Waals surface area contributed by atoms with Crippen molar-refractivity contribution in [2.45, 2.75) is 34.2 Å². The van der Waals surface area contributed by atoms with Crippen LogP contribution in [0.5, 0.6) is 0 Å². The minimum Gasteiger partial charge on any atom is -0.342 e. The maximum atomic E-state index is 11.0. The third-order valence-electron chi connectivity index (χ3n) is 1.28. The maximum absolute atomic E-state index is 11.0. The SMILES string of the molecule is C.C.CNCNC(=O)C(N)CC(C)=O. The van der Waals surface area contributed by atoms with Gasteiger partial charge in [0.2, 0.25) is 5.91 Å². The van der Waals surface area contributed by atoms with E-state index in [1.54, 1.807) is 7.05 Å². The van der Waals surface area contributed by atoms with E-state index in [1.165, 1.54) is 6.92 Å². The van der Waals surface area contributed by atoms with E-state index in [1.807, 2.05) is 0 Å². The first-order valence-corrected chi connectivity index (χ1v) is 3.75. The Balaban J connectivity index is -0.000000605. The van der Waals surface area contributed by atoms with Gasteiger partial charge in [0.05, 0.1) is 12.7 Å². The summed E-state index contributed by atoms with van der Waals surface area (Å²) in [7, 11) is 1.71. The lowest BCUT2D eigenvalue weighted by molar-refractivity contribution is -0.126. The smallest absolute Gasteiger partial charge is 0.238 e. The number of hydrogen-bond donors (Lipinski definition) is 3. The zero-order chi connectivity index (χ0) is 9.56. The fraction of sp³-hybridized carbons (Fsp3) is 0.778. The van der Waals surface area contributed by atoms with Crippen LogP contribution >= 0.6 is 0 Å². The van der Waals surface area contributed by atoms with Gasteiger partial charge in [0.25, 0.3) is 0 Å². The predicted octanol–water partition coefficient (Wildman–Crippen LogP) is -0.142. The Morgan fingerprint density at radius 3 is 2.21 bits per heavy atom. The van der Waals surface area contributed by atoms with Crippen LogP contribution in [0, 0.1) is 0 Å². The molecule has 0 fully saturated rings. The summed E-state index contributed by atoms with van der Waals surface area (Å²) in [6, 6.07) is -0.726. The highest BCUT2D eigenvalue weighted by molar-refractivity contribution is 5.87. The molecule has 0 aliphatic rings. The Hall–Kier alpha value is -0.940. The average Bonchev–Trinajstić information content (AvgIpc) is 1.98. The Morgan fingerprint density at radius 1 is 1.36 bits per heavy atom. The van der Waals surface area contributed by atoms with Crippen LogP contribution in [0.15, 0.2) is 0 Å². The third-order valence-corrected chi connectivity index (χ3v) is 1.28. The topological polar surface area (TPSA) is 84.2 Å². The van der Waals surface area contributed by atoms with Crippen molar-refractivity contribution in [1.82, 2.24) is 10.6 Å². The first kappa shape index (κ1) is 18.8. The number of hydrogen-bond acceptors (Lipinski definition) is 4. The first-order valence-electron chi connectivity index (χ1n) is 3.75. The second-order valence-corrected chi connectivity index (χ2v) is 2.58. The highest BCUT2D eigenvalue weighted by atomic mass is 16.2. The number of amides is 1. The molecule has 0 aromatic heterocycles. The van der Waals surface area contributed by atoms with Crippen molar-refractivity contribution in [3.05, 3.63) is 0 Å². The molecule has 4 N–H and O–H groups in total. The van der Waals surface area contributed by atoms with Crippen LogP contribution in [-0.4, -0.2) is 31.4 Å². The van der Waals surface area contributed by atoms with Crippen molar-refractivity contribution in [2.75, 3.05) is 13.7 Å². The molecule has 0 aromatic rings. The normalized spacial score (nSPS) is 10.5. The molecule has 0 bridgehead atoms. The summed E-state index contributed by atoms with van der Waals surface area (Å²) in [6.07, 6.45) is 0.0928. The van der Waals surface area contributed by atoms with Crippen molar-refractivity contribution in [3.63, 3.8) is 0 Å². The first-order chi connectivity index (χ1) is 5.57. The third kappa shape index (κ3) is 9.15. The summed E-state index contributed by atoms with van der Waals surface area (Å²) in [4.78, 5) is 21.6. The molecule has 1 unspecified atom stereocenters. The molecule has 0 saturated carbocycles. The summed E-state index contributed by atoms with van der Waals surface area (Å²) in [5.41, 5.74) is 5.40. The molecular weight excluding hydrogens is 182 g/mol. The average molecular weight is 205 g/mol. The zero-order valence-electron chi connectivity index (χ0n) is 7.39. The van der Waals surface area contributed by atoms with Crippen LogP contribution in [0.1, 0.15) is 28.2 Å². The van der Waals surface area contributed by atoms with Gasteiger partial charge in [0.15, 0.2) is 0 Å². The lowest BCUT2D eigenvalue weighted by Gasteiger charge is -2.09. The van der Waals surface area contributed by atoms with E-state index in [9.17, 15) is 9.59 Å². The van der Waals surface area contributed by atoms with Crippen LogP contribution in [0.3, 0.4) is 0 Å². The van der Waals surface area contributed by atoms with Crippen LogP contribution in [0.4, 0.5) is 0 Å². The molecule has 0 heterocycles. The number of Topliss-reactive ketones (excluding diaryl/α,β-unsaturated/α-hetero) is 1. The Kier molecular flexibility index (Phi) is 13.6. The standard InChI is InChI=1S/C7H15N3O2.2CH4/c1-5(11)3-6(8)7(12)10-4-9-2;;/h6,9H,3-4,8H2,1-2H3,(H,10,12);2*1H4. The number of nitrogens with two attached hydrogens (primary N) is 1. The van der Waals surface area contributed by atoms with Gasteiger partial charge < -0.3 is 16.4 Å². The molecule has 0 aliphatic carbocycles. The monoisotopic (exact) mass is 205 g/mol. The molecule has 86 valence electrons. The Morgan fingerprint density at radius 2 is 1.86 bits per heavy atom. The van der Waals surface area contributed by atoms with Crippen molar-refractivity contribution in [3.8, 4) is 0 Å². The number of nitrogens with one attached hydrogen (secondary N) is 2. The molecule has 0 aliphatic heterocycles. The van der Waals surface area contributed by atoms with Crippen LogP contribution in [-0.2, 0) is 9.59 Å². The quantitative estimate of drug-likeness (QED) is 0.545. The molecule has 0 rings (SSSR count). The van der Waals surface area contributed by atoms with Crippen molar-refractivity contribution in [2.24, 2.45) is 5.73 Å². The molecule has 0 spiro atoms. The summed E-state index contributed by atoms with van der Waals surface area (Å²) < 4.78 is 0. The molecule has 5 heteroatoms. The fourth-order valence-corrected chi connectivity index (χ4v) is 0.709. The fourth-order valence-electron chi connectivity index (χ4n) is 0.709. The summed E-state index contributed by atoms with van der Waals surface area (Å²) >= 11 is 0. The number of carbonyl (C=O) groups excluding carboxylic acids is 2. The molecule has 14 heavy (non-hydrogen) atoms. The molecule has 1 atom stereocenters. The van der Waals surface area contributed by atoms with E-state index in [-0.39, 0.29) is 33.0 Å². The van der Waals surface area contributed by atoms with E-state index in [0.717, 1.165) is 0 Å². The van der Waals surface area contributed by atoms with E-state index in [4.69, 9.17) is 5.73 Å². The van der Waals surface area contributed by atoms with Crippen molar-refractivity contribution < 1.29 is 9.59 Å². The van der Waals surface area contributed by atoms with Crippen LogP contribution in [0.2, 0.25) is 0 Å². The van der Waals surface area contributed by atoms with Gasteiger partial charge in [-0.1, -0.05) is 14.9 Å². The lowest BCUT2D eigenvalue weighted by Crippen LogP contribution is -2.44. The second kappa shape index (κ2) is 10.1. The van der Waals surface area contributed by atoms with E-state index < -0.39 is 6.04 Å². The number of carbonyl (C=O) groups is 2. The molecule has 5 nitrogen and oxygen atoms in total. The Bertz CT molecular complexity index is 171. The largest absolute Gasteiger partial charge is 0.342 e. The van der Waals surface area contributed by atoms with Gasteiger partial charge in [-0.05, 0) is 14.0 Å². The summed E-state index contributed by atoms with van der Waals surface area (Å²) in [5, 5.41) is 5.24. The maximum Gasteiger partial charge on any atom is 0.238 e. The van der Waals surface area contributed by atoms with Gasteiger partial charge >= 0.3 is 0 Å². The van der Waals surface area contributed by atoms with E-state index in [2.05, 4.69) is 10.6 Å². The summed E-state index contributed by atoms with van der Waals surface area (Å²) in [5.74, 6) is -0.387. The zero-order valence-corrected chi connectivity index (χ0v) is 7.39. The highest BCUT2D eigenvalue weighted by Crippen LogP contribution is 1.88. The second-order valence-electron chi connectivity index (χ2n) is 2.58. The molecule has 0 radical (unpaired) electrons. The number of ketones is 1. The van der Waals surface area contributed by atoms with Gasteiger partial charge in [-0.25, -0.2) is 0 Å². The molecule has 0 saturated heterocycles. The lowest BCUT2D eigenvalue weighted by atomic mass is 10.1. The highest BCUT2D eigenvalue weighted by Gasteiger charge is 2.13. The van der Waals surface area contributed by atoms with Gasteiger partial charge in [0.1, 0.15) is 5.78 Å². The van der Waals surface area contributed by atoms with E-state index >= 15 is 0 Å². The number of rotatable bonds is 5. The van der Waals surface area contributed by atoms with Crippen LogP contribution in [0.25, 0.3) is 0 Å². The minimum atomic E-state index is -0.726.